The molecule has 0 aliphatic heterocycles. The predicted octanol–water partition coefficient (Wildman–Crippen LogP) is 2.64. The van der Waals surface area contributed by atoms with Crippen LogP contribution in [0.4, 0.5) is 13.2 Å². The Balaban J connectivity index is 2.93. The lowest BCUT2D eigenvalue weighted by Crippen LogP contribution is -2.04. The van der Waals surface area contributed by atoms with Gasteiger partial charge in [0.15, 0.2) is 0 Å². The zero-order valence-corrected chi connectivity index (χ0v) is 6.06. The molecule has 1 rings (SSSR count). The van der Waals surface area contributed by atoms with Gasteiger partial charge in [-0.1, -0.05) is 12.1 Å². The van der Waals surface area contributed by atoms with Crippen LogP contribution in [0.3, 0.4) is 0 Å². The van der Waals surface area contributed by atoms with E-state index in [1.54, 1.807) is 0 Å². The molecule has 1 aromatic carbocycles. The third-order valence-corrected chi connectivity index (χ3v) is 1.45. The number of benzene rings is 1. The fourth-order valence-electron chi connectivity index (χ4n) is 0.790. The summed E-state index contributed by atoms with van der Waals surface area (Å²) in [6.07, 6.45) is -4.32. The van der Waals surface area contributed by atoms with E-state index in [0.29, 0.717) is 5.56 Å². The van der Waals surface area contributed by atoms with Gasteiger partial charge in [-0.05, 0) is 17.7 Å². The summed E-state index contributed by atoms with van der Waals surface area (Å²) >= 11 is 0. The van der Waals surface area contributed by atoms with Crippen LogP contribution < -0.4 is 0 Å². The fourth-order valence-corrected chi connectivity index (χ4v) is 0.790. The Bertz CT molecular complexity index is 250. The monoisotopic (exact) mass is 175 g/mol. The number of hydrogen-bond donors (Lipinski definition) is 0. The number of hydrogen-bond acceptors (Lipinski definition) is 0. The van der Waals surface area contributed by atoms with Crippen molar-refractivity contribution in [3.05, 3.63) is 35.4 Å². The summed E-state index contributed by atoms with van der Waals surface area (Å²) in [5.74, 6) is 0. The van der Waals surface area contributed by atoms with Crippen LogP contribution in [0.25, 0.3) is 0 Å². The molecule has 0 amide bonds. The molecular weight excluding hydrogens is 169 g/mol. The van der Waals surface area contributed by atoms with Gasteiger partial charge in [-0.3, -0.25) is 0 Å². The third kappa shape index (κ3) is 1.98. The molecule has 65 valence electrons. The maximum absolute atomic E-state index is 11.9. The summed E-state index contributed by atoms with van der Waals surface area (Å²) in [6, 6.07) is 4.20. The van der Waals surface area contributed by atoms with E-state index in [1.165, 1.54) is 12.1 Å². The van der Waals surface area contributed by atoms with E-state index in [2.05, 4.69) is 0 Å². The second kappa shape index (κ2) is 3.15. The predicted molar refractivity (Wildman–Crippen MR) is 35.8 cm³/mol. The van der Waals surface area contributed by atoms with Gasteiger partial charge in [0.25, 0.3) is 0 Å². The highest BCUT2D eigenvalue weighted by Gasteiger charge is 2.29. The standard InChI is InChI=1S/C8H6F3O/c9-8(10,11)7-3-1-6(5-12)2-4-7/h1-4H,5H2. The van der Waals surface area contributed by atoms with E-state index < -0.39 is 18.3 Å². The Morgan fingerprint density at radius 1 is 1.08 bits per heavy atom. The fraction of sp³-hybridized carbons (Fsp3) is 0.250. The Morgan fingerprint density at radius 3 is 1.92 bits per heavy atom. The van der Waals surface area contributed by atoms with Crippen LogP contribution >= 0.6 is 0 Å². The molecule has 0 aromatic heterocycles. The van der Waals surface area contributed by atoms with E-state index in [4.69, 9.17) is 0 Å². The van der Waals surface area contributed by atoms with E-state index in [0.717, 1.165) is 12.1 Å². The Labute approximate surface area is 67.5 Å². The zero-order chi connectivity index (χ0) is 9.19. The quantitative estimate of drug-likeness (QED) is 0.625. The normalized spacial score (nSPS) is 11.7. The zero-order valence-electron chi connectivity index (χ0n) is 6.06. The molecule has 12 heavy (non-hydrogen) atoms. The molecule has 1 radical (unpaired) electrons. The summed E-state index contributed by atoms with van der Waals surface area (Å²) in [7, 11) is 0. The molecular formula is C8H6F3O. The molecule has 0 aliphatic rings. The molecule has 0 heterocycles. The maximum Gasteiger partial charge on any atom is 0.416 e. The molecule has 0 atom stereocenters. The molecule has 0 bridgehead atoms. The molecule has 0 aliphatic carbocycles. The van der Waals surface area contributed by atoms with Gasteiger partial charge in [0.1, 0.15) is 6.61 Å². The molecule has 0 spiro atoms. The van der Waals surface area contributed by atoms with Gasteiger partial charge in [-0.15, -0.1) is 0 Å². The van der Waals surface area contributed by atoms with Gasteiger partial charge in [0, 0.05) is 0 Å². The first-order chi connectivity index (χ1) is 5.54. The molecule has 0 N–H and O–H groups in total. The van der Waals surface area contributed by atoms with Crippen molar-refractivity contribution in [3.8, 4) is 0 Å². The first-order valence-corrected chi connectivity index (χ1v) is 3.28. The third-order valence-electron chi connectivity index (χ3n) is 1.45. The van der Waals surface area contributed by atoms with Crippen molar-refractivity contribution in [3.63, 3.8) is 0 Å². The van der Waals surface area contributed by atoms with Crippen molar-refractivity contribution >= 4 is 0 Å². The van der Waals surface area contributed by atoms with Crippen molar-refractivity contribution < 1.29 is 18.3 Å². The topological polar surface area (TPSA) is 19.9 Å². The van der Waals surface area contributed by atoms with Crippen LogP contribution in [0.1, 0.15) is 11.1 Å². The SMILES string of the molecule is [O]Cc1ccc(C(F)(F)F)cc1. The first-order valence-electron chi connectivity index (χ1n) is 3.28. The lowest BCUT2D eigenvalue weighted by molar-refractivity contribution is -0.137. The average Bonchev–Trinajstić information content (AvgIpc) is 2.03. The van der Waals surface area contributed by atoms with Crippen LogP contribution in [0.5, 0.6) is 0 Å². The molecule has 0 saturated carbocycles. The van der Waals surface area contributed by atoms with Gasteiger partial charge in [0.2, 0.25) is 0 Å². The Morgan fingerprint density at radius 2 is 1.58 bits per heavy atom. The summed E-state index contributed by atoms with van der Waals surface area (Å²) in [4.78, 5) is 0. The Hall–Kier alpha value is -1.03. The van der Waals surface area contributed by atoms with Crippen molar-refractivity contribution in [2.24, 2.45) is 0 Å². The van der Waals surface area contributed by atoms with E-state index in [-0.39, 0.29) is 0 Å². The Kier molecular flexibility index (Phi) is 2.38. The molecule has 0 saturated heterocycles. The summed E-state index contributed by atoms with van der Waals surface area (Å²) < 4.78 is 35.8. The number of halogens is 3. The van der Waals surface area contributed by atoms with Crippen LogP contribution in [0, 0.1) is 0 Å². The minimum Gasteiger partial charge on any atom is -0.232 e. The largest absolute Gasteiger partial charge is 0.416 e. The number of rotatable bonds is 1. The molecule has 4 heteroatoms. The lowest BCUT2D eigenvalue weighted by atomic mass is 10.1. The first kappa shape index (κ1) is 9.06. The van der Waals surface area contributed by atoms with Gasteiger partial charge in [-0.25, -0.2) is 5.11 Å². The van der Waals surface area contributed by atoms with Crippen molar-refractivity contribution in [1.82, 2.24) is 0 Å². The highest BCUT2D eigenvalue weighted by molar-refractivity contribution is 5.23. The van der Waals surface area contributed by atoms with Crippen LogP contribution in [-0.2, 0) is 17.9 Å². The van der Waals surface area contributed by atoms with Crippen LogP contribution in [0.15, 0.2) is 24.3 Å². The van der Waals surface area contributed by atoms with E-state index >= 15 is 0 Å². The smallest absolute Gasteiger partial charge is 0.232 e. The minimum atomic E-state index is -4.32. The minimum absolute atomic E-state index is 0.364. The van der Waals surface area contributed by atoms with Gasteiger partial charge >= 0.3 is 6.18 Å². The highest BCUT2D eigenvalue weighted by atomic mass is 19.4. The van der Waals surface area contributed by atoms with Crippen molar-refractivity contribution in [2.45, 2.75) is 12.8 Å². The molecule has 0 unspecified atom stereocenters. The number of alkyl halides is 3. The van der Waals surface area contributed by atoms with Crippen LogP contribution in [-0.4, -0.2) is 0 Å². The molecule has 1 nitrogen and oxygen atoms in total. The summed E-state index contributed by atoms with van der Waals surface area (Å²) in [5.41, 5.74) is -0.359. The summed E-state index contributed by atoms with van der Waals surface area (Å²) in [6.45, 7) is -0.488. The molecule has 0 fully saturated rings. The lowest BCUT2D eigenvalue weighted by Gasteiger charge is -2.05. The second-order valence-electron chi connectivity index (χ2n) is 2.34. The maximum atomic E-state index is 11.9. The second-order valence-corrected chi connectivity index (χ2v) is 2.34. The van der Waals surface area contributed by atoms with Crippen molar-refractivity contribution in [2.75, 3.05) is 0 Å². The van der Waals surface area contributed by atoms with Gasteiger partial charge < -0.3 is 0 Å². The average molecular weight is 175 g/mol. The van der Waals surface area contributed by atoms with Gasteiger partial charge in [0.05, 0.1) is 5.56 Å². The summed E-state index contributed by atoms with van der Waals surface area (Å²) in [5, 5.41) is 10.2. The van der Waals surface area contributed by atoms with Crippen molar-refractivity contribution in [1.29, 1.82) is 0 Å². The molecule has 1 aromatic rings. The van der Waals surface area contributed by atoms with E-state index in [1.807, 2.05) is 0 Å². The highest BCUT2D eigenvalue weighted by Crippen LogP contribution is 2.28. The van der Waals surface area contributed by atoms with Crippen LogP contribution in [0.2, 0.25) is 0 Å². The van der Waals surface area contributed by atoms with Gasteiger partial charge in [-0.2, -0.15) is 13.2 Å². The van der Waals surface area contributed by atoms with E-state index in [9.17, 15) is 18.3 Å².